The highest BCUT2D eigenvalue weighted by Crippen LogP contribution is 2.22. The van der Waals surface area contributed by atoms with Gasteiger partial charge in [-0.05, 0) is 41.0 Å². The molecule has 4 aromatic rings. The SMILES string of the molecule is Cn1ccnc1[C@H](NC(=O)C(=O)Nc1ccc(-c2ccccc2)cc1)c1cccc(F)c1. The van der Waals surface area contributed by atoms with Crippen LogP contribution in [0.2, 0.25) is 0 Å². The molecule has 0 saturated carbocycles. The highest BCUT2D eigenvalue weighted by Gasteiger charge is 2.24. The smallest absolute Gasteiger partial charge is 0.313 e. The number of aromatic nitrogens is 2. The van der Waals surface area contributed by atoms with Gasteiger partial charge in [-0.1, -0.05) is 54.6 Å². The number of anilines is 1. The number of hydrogen-bond donors (Lipinski definition) is 2. The van der Waals surface area contributed by atoms with Crippen molar-refractivity contribution in [3.05, 3.63) is 108 Å². The molecule has 0 aliphatic heterocycles. The Labute approximate surface area is 184 Å². The van der Waals surface area contributed by atoms with Crippen LogP contribution in [0.1, 0.15) is 17.4 Å². The minimum Gasteiger partial charge on any atom is -0.336 e. The van der Waals surface area contributed by atoms with Gasteiger partial charge in [-0.15, -0.1) is 0 Å². The molecule has 0 unspecified atom stereocenters. The quantitative estimate of drug-likeness (QED) is 0.471. The molecule has 2 N–H and O–H groups in total. The molecule has 2 amide bonds. The van der Waals surface area contributed by atoms with Crippen molar-refractivity contribution in [2.24, 2.45) is 7.05 Å². The average molecular weight is 428 g/mol. The number of carbonyl (C=O) groups is 2. The summed E-state index contributed by atoms with van der Waals surface area (Å²) < 4.78 is 15.5. The zero-order valence-electron chi connectivity index (χ0n) is 17.3. The lowest BCUT2D eigenvalue weighted by molar-refractivity contribution is -0.136. The number of halogens is 1. The number of aryl methyl sites for hydroxylation is 1. The first kappa shape index (κ1) is 21.0. The summed E-state index contributed by atoms with van der Waals surface area (Å²) >= 11 is 0. The van der Waals surface area contributed by atoms with Crippen LogP contribution >= 0.6 is 0 Å². The predicted molar refractivity (Wildman–Crippen MR) is 120 cm³/mol. The number of nitrogens with zero attached hydrogens (tertiary/aromatic N) is 2. The lowest BCUT2D eigenvalue weighted by Crippen LogP contribution is -2.39. The Bertz CT molecular complexity index is 1240. The predicted octanol–water partition coefficient (Wildman–Crippen LogP) is 4.07. The molecule has 1 atom stereocenters. The Morgan fingerprint density at radius 1 is 0.906 bits per heavy atom. The largest absolute Gasteiger partial charge is 0.336 e. The van der Waals surface area contributed by atoms with Crippen LogP contribution in [-0.2, 0) is 16.6 Å². The fourth-order valence-corrected chi connectivity index (χ4v) is 3.40. The summed E-state index contributed by atoms with van der Waals surface area (Å²) in [7, 11) is 1.76. The van der Waals surface area contributed by atoms with Crippen LogP contribution in [0.3, 0.4) is 0 Å². The van der Waals surface area contributed by atoms with Gasteiger partial charge in [-0.25, -0.2) is 9.37 Å². The van der Waals surface area contributed by atoms with Crippen molar-refractivity contribution in [2.45, 2.75) is 6.04 Å². The zero-order chi connectivity index (χ0) is 22.5. The van der Waals surface area contributed by atoms with E-state index in [1.807, 2.05) is 42.5 Å². The van der Waals surface area contributed by atoms with Gasteiger partial charge in [-0.2, -0.15) is 0 Å². The molecule has 160 valence electrons. The first-order valence-electron chi connectivity index (χ1n) is 10.0. The first-order chi connectivity index (χ1) is 15.5. The lowest BCUT2D eigenvalue weighted by Gasteiger charge is -2.19. The summed E-state index contributed by atoms with van der Waals surface area (Å²) in [4.78, 5) is 29.4. The van der Waals surface area contributed by atoms with Gasteiger partial charge in [0.2, 0.25) is 0 Å². The van der Waals surface area contributed by atoms with Gasteiger partial charge in [0.1, 0.15) is 17.7 Å². The van der Waals surface area contributed by atoms with Crippen LogP contribution < -0.4 is 10.6 Å². The maximum Gasteiger partial charge on any atom is 0.313 e. The molecule has 0 spiro atoms. The van der Waals surface area contributed by atoms with Crippen molar-refractivity contribution in [1.29, 1.82) is 0 Å². The Balaban J connectivity index is 1.49. The van der Waals surface area contributed by atoms with Gasteiger partial charge in [0.05, 0.1) is 0 Å². The summed E-state index contributed by atoms with van der Waals surface area (Å²) in [5, 5.41) is 5.26. The topological polar surface area (TPSA) is 76.0 Å². The van der Waals surface area contributed by atoms with E-state index in [0.717, 1.165) is 11.1 Å². The Kier molecular flexibility index (Phi) is 6.07. The Morgan fingerprint density at radius 3 is 2.28 bits per heavy atom. The van der Waals surface area contributed by atoms with Crippen molar-refractivity contribution in [3.63, 3.8) is 0 Å². The van der Waals surface area contributed by atoms with E-state index in [9.17, 15) is 14.0 Å². The van der Waals surface area contributed by atoms with E-state index in [0.29, 0.717) is 17.1 Å². The first-order valence-corrected chi connectivity index (χ1v) is 10.0. The Morgan fingerprint density at radius 2 is 1.62 bits per heavy atom. The molecule has 0 aliphatic rings. The van der Waals surface area contributed by atoms with Crippen LogP contribution in [0.25, 0.3) is 11.1 Å². The van der Waals surface area contributed by atoms with Gasteiger partial charge < -0.3 is 15.2 Å². The van der Waals surface area contributed by atoms with E-state index in [2.05, 4.69) is 15.6 Å². The maximum absolute atomic E-state index is 13.8. The van der Waals surface area contributed by atoms with Gasteiger partial charge in [0.25, 0.3) is 0 Å². The molecular weight excluding hydrogens is 407 g/mol. The van der Waals surface area contributed by atoms with Gasteiger partial charge in [0, 0.05) is 25.1 Å². The molecule has 0 fully saturated rings. The lowest BCUT2D eigenvalue weighted by atomic mass is 10.1. The van der Waals surface area contributed by atoms with Crippen LogP contribution in [-0.4, -0.2) is 21.4 Å². The second kappa shape index (κ2) is 9.26. The maximum atomic E-state index is 13.8. The van der Waals surface area contributed by atoms with Crippen molar-refractivity contribution < 1.29 is 14.0 Å². The number of imidazole rings is 1. The number of amides is 2. The van der Waals surface area contributed by atoms with Crippen molar-refractivity contribution in [2.75, 3.05) is 5.32 Å². The summed E-state index contributed by atoms with van der Waals surface area (Å²) in [6, 6.07) is 22.1. The number of carbonyl (C=O) groups excluding carboxylic acids is 2. The van der Waals surface area contributed by atoms with Gasteiger partial charge in [0.15, 0.2) is 0 Å². The molecule has 0 aliphatic carbocycles. The third-order valence-corrected chi connectivity index (χ3v) is 5.03. The minimum absolute atomic E-state index is 0.445. The number of rotatable bonds is 5. The zero-order valence-corrected chi connectivity index (χ0v) is 17.3. The van der Waals surface area contributed by atoms with Crippen molar-refractivity contribution in [1.82, 2.24) is 14.9 Å². The van der Waals surface area contributed by atoms with E-state index in [1.165, 1.54) is 12.1 Å². The molecule has 0 radical (unpaired) electrons. The fraction of sp³-hybridized carbons (Fsp3) is 0.0800. The molecule has 6 nitrogen and oxygen atoms in total. The van der Waals surface area contributed by atoms with E-state index >= 15 is 0 Å². The molecule has 0 saturated heterocycles. The highest BCUT2D eigenvalue weighted by molar-refractivity contribution is 6.39. The highest BCUT2D eigenvalue weighted by atomic mass is 19.1. The van der Waals surface area contributed by atoms with Crippen LogP contribution in [0, 0.1) is 5.82 Å². The standard InChI is InChI=1S/C25H21FN4O2/c1-30-15-14-27-23(30)22(19-8-5-9-20(26)16-19)29-25(32)24(31)28-21-12-10-18(11-13-21)17-6-3-2-4-7-17/h2-16,22H,1H3,(H,28,31)(H,29,32)/t22-/m1/s1. The number of benzene rings is 3. The van der Waals surface area contributed by atoms with Gasteiger partial charge >= 0.3 is 11.8 Å². The molecule has 3 aromatic carbocycles. The number of hydrogen-bond acceptors (Lipinski definition) is 3. The molecule has 4 rings (SSSR count). The van der Waals surface area contributed by atoms with E-state index in [-0.39, 0.29) is 0 Å². The van der Waals surface area contributed by atoms with Crippen LogP contribution in [0.15, 0.2) is 91.3 Å². The van der Waals surface area contributed by atoms with Crippen molar-refractivity contribution in [3.8, 4) is 11.1 Å². The molecule has 32 heavy (non-hydrogen) atoms. The second-order valence-corrected chi connectivity index (χ2v) is 7.26. The molecule has 1 heterocycles. The van der Waals surface area contributed by atoms with E-state index in [1.54, 1.807) is 48.3 Å². The summed E-state index contributed by atoms with van der Waals surface area (Å²) in [6.07, 6.45) is 3.28. The summed E-state index contributed by atoms with van der Waals surface area (Å²) in [5.74, 6) is -1.65. The minimum atomic E-state index is -0.852. The monoisotopic (exact) mass is 428 g/mol. The Hall–Kier alpha value is -4.26. The molecular formula is C25H21FN4O2. The normalized spacial score (nSPS) is 11.6. The summed E-state index contributed by atoms with van der Waals surface area (Å²) in [5.41, 5.74) is 3.02. The van der Waals surface area contributed by atoms with Gasteiger partial charge in [-0.3, -0.25) is 9.59 Å². The average Bonchev–Trinajstić information content (AvgIpc) is 3.23. The molecule has 0 bridgehead atoms. The van der Waals surface area contributed by atoms with Crippen LogP contribution in [0.5, 0.6) is 0 Å². The third-order valence-electron chi connectivity index (χ3n) is 5.03. The second-order valence-electron chi connectivity index (χ2n) is 7.26. The van der Waals surface area contributed by atoms with E-state index in [4.69, 9.17) is 0 Å². The third kappa shape index (κ3) is 4.73. The summed E-state index contributed by atoms with van der Waals surface area (Å²) in [6.45, 7) is 0. The van der Waals surface area contributed by atoms with E-state index < -0.39 is 23.7 Å². The van der Waals surface area contributed by atoms with Crippen molar-refractivity contribution >= 4 is 17.5 Å². The van der Waals surface area contributed by atoms with Crippen LogP contribution in [0.4, 0.5) is 10.1 Å². The molecule has 7 heteroatoms. The fourth-order valence-electron chi connectivity index (χ4n) is 3.40. The molecule has 1 aromatic heterocycles. The number of nitrogens with one attached hydrogen (secondary N) is 2.